The summed E-state index contributed by atoms with van der Waals surface area (Å²) in [7, 11) is 1.53. The van der Waals surface area contributed by atoms with Crippen molar-refractivity contribution in [3.05, 3.63) is 59.2 Å². The zero-order valence-electron chi connectivity index (χ0n) is 12.2. The number of methoxy groups -OCH3 is 1. The van der Waals surface area contributed by atoms with Crippen LogP contribution in [0.5, 0.6) is 11.5 Å². The highest BCUT2D eigenvalue weighted by Crippen LogP contribution is 2.31. The average molecular weight is 286 g/mol. The minimum absolute atomic E-state index is 0.0871. The number of ether oxygens (including phenoxy) is 3. The standard InChI is InChI=1S/C17H18O4/c1-13-16(20-11-14-6-4-3-5-7-14)9-8-15(10-18)17(13)21-12-19-2/h3-10H,11-12H2,1-2H3. The van der Waals surface area contributed by atoms with Crippen molar-refractivity contribution in [2.75, 3.05) is 13.9 Å². The minimum Gasteiger partial charge on any atom is -0.488 e. The van der Waals surface area contributed by atoms with E-state index in [2.05, 4.69) is 0 Å². The molecule has 110 valence electrons. The SMILES string of the molecule is COCOc1c(C=O)ccc(OCc2ccccc2)c1C. The van der Waals surface area contributed by atoms with Gasteiger partial charge in [0.1, 0.15) is 18.1 Å². The Kier molecular flexibility index (Phi) is 5.35. The smallest absolute Gasteiger partial charge is 0.188 e. The van der Waals surface area contributed by atoms with E-state index in [1.165, 1.54) is 7.11 Å². The third-order valence-corrected chi connectivity index (χ3v) is 3.07. The van der Waals surface area contributed by atoms with E-state index >= 15 is 0 Å². The number of carbonyl (C=O) groups is 1. The zero-order valence-corrected chi connectivity index (χ0v) is 12.2. The first-order chi connectivity index (χ1) is 10.3. The fourth-order valence-electron chi connectivity index (χ4n) is 1.99. The van der Waals surface area contributed by atoms with Crippen LogP contribution in [0.4, 0.5) is 0 Å². The van der Waals surface area contributed by atoms with Gasteiger partial charge in [0.15, 0.2) is 13.1 Å². The summed E-state index contributed by atoms with van der Waals surface area (Å²) in [6.07, 6.45) is 0.763. The first kappa shape index (κ1) is 15.1. The molecular weight excluding hydrogens is 268 g/mol. The van der Waals surface area contributed by atoms with Crippen molar-refractivity contribution in [1.29, 1.82) is 0 Å². The predicted molar refractivity (Wildman–Crippen MR) is 79.8 cm³/mol. The second-order valence-electron chi connectivity index (χ2n) is 4.55. The Labute approximate surface area is 124 Å². The molecule has 0 saturated carbocycles. The molecule has 4 nitrogen and oxygen atoms in total. The highest BCUT2D eigenvalue weighted by molar-refractivity contribution is 5.81. The van der Waals surface area contributed by atoms with E-state index < -0.39 is 0 Å². The van der Waals surface area contributed by atoms with Crippen LogP contribution in [0, 0.1) is 6.92 Å². The quantitative estimate of drug-likeness (QED) is 0.578. The molecule has 0 N–H and O–H groups in total. The van der Waals surface area contributed by atoms with Crippen LogP contribution in [0.3, 0.4) is 0 Å². The minimum atomic E-state index is 0.0871. The van der Waals surface area contributed by atoms with Gasteiger partial charge in [0.2, 0.25) is 0 Å². The lowest BCUT2D eigenvalue weighted by Crippen LogP contribution is -2.05. The predicted octanol–water partition coefficient (Wildman–Crippen LogP) is 3.37. The van der Waals surface area contributed by atoms with Crippen molar-refractivity contribution in [2.24, 2.45) is 0 Å². The molecule has 0 fully saturated rings. The first-order valence-electron chi connectivity index (χ1n) is 6.63. The number of rotatable bonds is 7. The van der Waals surface area contributed by atoms with Gasteiger partial charge >= 0.3 is 0 Å². The van der Waals surface area contributed by atoms with Gasteiger partial charge in [-0.3, -0.25) is 4.79 Å². The Hall–Kier alpha value is -2.33. The van der Waals surface area contributed by atoms with Crippen molar-refractivity contribution in [3.63, 3.8) is 0 Å². The molecular formula is C17H18O4. The Morgan fingerprint density at radius 2 is 1.81 bits per heavy atom. The Bertz CT molecular complexity index is 593. The second-order valence-corrected chi connectivity index (χ2v) is 4.55. The Morgan fingerprint density at radius 1 is 1.05 bits per heavy atom. The maximum atomic E-state index is 11.1. The molecule has 0 aliphatic rings. The third-order valence-electron chi connectivity index (χ3n) is 3.07. The Balaban J connectivity index is 2.18. The molecule has 0 radical (unpaired) electrons. The topological polar surface area (TPSA) is 44.8 Å². The van der Waals surface area contributed by atoms with Crippen LogP contribution < -0.4 is 9.47 Å². The van der Waals surface area contributed by atoms with Gasteiger partial charge in [-0.1, -0.05) is 30.3 Å². The molecule has 4 heteroatoms. The monoisotopic (exact) mass is 286 g/mol. The summed E-state index contributed by atoms with van der Waals surface area (Å²) in [4.78, 5) is 11.1. The lowest BCUT2D eigenvalue weighted by atomic mass is 10.1. The van der Waals surface area contributed by atoms with E-state index in [1.54, 1.807) is 12.1 Å². The number of benzene rings is 2. The molecule has 21 heavy (non-hydrogen) atoms. The maximum Gasteiger partial charge on any atom is 0.188 e. The number of carbonyl (C=O) groups excluding carboxylic acids is 1. The molecule has 0 aliphatic carbocycles. The lowest BCUT2D eigenvalue weighted by Gasteiger charge is -2.15. The van der Waals surface area contributed by atoms with E-state index in [1.807, 2.05) is 37.3 Å². The van der Waals surface area contributed by atoms with Gasteiger partial charge in [-0.15, -0.1) is 0 Å². The van der Waals surface area contributed by atoms with Gasteiger partial charge in [-0.25, -0.2) is 0 Å². The van der Waals surface area contributed by atoms with Gasteiger partial charge in [-0.2, -0.15) is 0 Å². The summed E-state index contributed by atoms with van der Waals surface area (Å²) in [6.45, 7) is 2.41. The lowest BCUT2D eigenvalue weighted by molar-refractivity contribution is 0.0498. The maximum absolute atomic E-state index is 11.1. The van der Waals surface area contributed by atoms with Gasteiger partial charge in [0.25, 0.3) is 0 Å². The fourth-order valence-corrected chi connectivity index (χ4v) is 1.99. The van der Waals surface area contributed by atoms with Crippen LogP contribution in [0.2, 0.25) is 0 Å². The summed E-state index contributed by atoms with van der Waals surface area (Å²) in [5, 5.41) is 0. The van der Waals surface area contributed by atoms with E-state index in [4.69, 9.17) is 14.2 Å². The van der Waals surface area contributed by atoms with Gasteiger partial charge < -0.3 is 14.2 Å². The summed E-state index contributed by atoms with van der Waals surface area (Å²) >= 11 is 0. The molecule has 0 aliphatic heterocycles. The van der Waals surface area contributed by atoms with E-state index in [9.17, 15) is 4.79 Å². The molecule has 0 amide bonds. The number of hydrogen-bond donors (Lipinski definition) is 0. The van der Waals surface area contributed by atoms with E-state index in [-0.39, 0.29) is 6.79 Å². The average Bonchev–Trinajstić information content (AvgIpc) is 2.53. The molecule has 0 atom stereocenters. The molecule has 0 saturated heterocycles. The molecule has 2 rings (SSSR count). The molecule has 2 aromatic rings. The third kappa shape index (κ3) is 3.83. The van der Waals surface area contributed by atoms with Crippen LogP contribution in [0.1, 0.15) is 21.5 Å². The molecule has 0 aromatic heterocycles. The molecule has 0 bridgehead atoms. The normalized spacial score (nSPS) is 10.2. The van der Waals surface area contributed by atoms with Gasteiger partial charge in [-0.05, 0) is 24.6 Å². The summed E-state index contributed by atoms with van der Waals surface area (Å²) < 4.78 is 16.2. The Morgan fingerprint density at radius 3 is 2.48 bits per heavy atom. The summed E-state index contributed by atoms with van der Waals surface area (Å²) in [5.74, 6) is 1.19. The van der Waals surface area contributed by atoms with Crippen molar-refractivity contribution >= 4 is 6.29 Å². The molecule has 0 spiro atoms. The van der Waals surface area contributed by atoms with Gasteiger partial charge in [0.05, 0.1) is 5.56 Å². The summed E-state index contributed by atoms with van der Waals surface area (Å²) in [6, 6.07) is 13.4. The van der Waals surface area contributed by atoms with Crippen LogP contribution in [0.25, 0.3) is 0 Å². The van der Waals surface area contributed by atoms with Crippen LogP contribution in [-0.2, 0) is 11.3 Å². The van der Waals surface area contributed by atoms with Crippen LogP contribution in [-0.4, -0.2) is 20.2 Å². The number of aldehydes is 1. The number of hydrogen-bond acceptors (Lipinski definition) is 4. The molecule has 0 unspecified atom stereocenters. The summed E-state index contributed by atoms with van der Waals surface area (Å²) in [5.41, 5.74) is 2.35. The van der Waals surface area contributed by atoms with E-state index in [0.717, 1.165) is 17.4 Å². The first-order valence-corrected chi connectivity index (χ1v) is 6.63. The molecule has 2 aromatic carbocycles. The largest absolute Gasteiger partial charge is 0.488 e. The van der Waals surface area contributed by atoms with Crippen molar-refractivity contribution in [1.82, 2.24) is 0 Å². The van der Waals surface area contributed by atoms with Crippen molar-refractivity contribution in [3.8, 4) is 11.5 Å². The molecule has 0 heterocycles. The highest BCUT2D eigenvalue weighted by atomic mass is 16.7. The van der Waals surface area contributed by atoms with Crippen LogP contribution >= 0.6 is 0 Å². The van der Waals surface area contributed by atoms with Gasteiger partial charge in [0, 0.05) is 12.7 Å². The van der Waals surface area contributed by atoms with Crippen molar-refractivity contribution < 1.29 is 19.0 Å². The van der Waals surface area contributed by atoms with Crippen LogP contribution in [0.15, 0.2) is 42.5 Å². The second kappa shape index (κ2) is 7.45. The zero-order chi connectivity index (χ0) is 15.1. The fraction of sp³-hybridized carbons (Fsp3) is 0.235. The van der Waals surface area contributed by atoms with Crippen molar-refractivity contribution in [2.45, 2.75) is 13.5 Å². The highest BCUT2D eigenvalue weighted by Gasteiger charge is 2.12. The van der Waals surface area contributed by atoms with E-state index in [0.29, 0.717) is 23.7 Å².